The van der Waals surface area contributed by atoms with Gasteiger partial charge in [0, 0.05) is 5.54 Å². The van der Waals surface area contributed by atoms with Gasteiger partial charge in [0.1, 0.15) is 5.75 Å². The monoisotopic (exact) mass is 233 g/mol. The highest BCUT2D eigenvalue weighted by atomic mass is 16.3. The number of piperidine rings is 1. The average molecular weight is 233 g/mol. The van der Waals surface area contributed by atoms with Gasteiger partial charge in [-0.15, -0.1) is 0 Å². The van der Waals surface area contributed by atoms with Crippen LogP contribution in [0, 0.1) is 5.92 Å². The molecule has 1 saturated heterocycles. The van der Waals surface area contributed by atoms with E-state index in [2.05, 4.69) is 44.9 Å². The van der Waals surface area contributed by atoms with Crippen molar-refractivity contribution in [1.29, 1.82) is 0 Å². The highest BCUT2D eigenvalue weighted by Crippen LogP contribution is 2.41. The van der Waals surface area contributed by atoms with Crippen LogP contribution in [-0.2, 0) is 0 Å². The predicted molar refractivity (Wildman–Crippen MR) is 71.3 cm³/mol. The van der Waals surface area contributed by atoms with Gasteiger partial charge in [-0.25, -0.2) is 0 Å². The van der Waals surface area contributed by atoms with Crippen molar-refractivity contribution >= 4 is 0 Å². The van der Waals surface area contributed by atoms with Crippen molar-refractivity contribution in [3.8, 4) is 5.75 Å². The van der Waals surface area contributed by atoms with E-state index in [1.807, 2.05) is 0 Å². The van der Waals surface area contributed by atoms with Gasteiger partial charge in [0.05, 0.1) is 0 Å². The summed E-state index contributed by atoms with van der Waals surface area (Å²) in [4.78, 5) is 2.45. The normalized spacial score (nSPS) is 29.2. The Morgan fingerprint density at radius 1 is 1.24 bits per heavy atom. The molecule has 1 N–H and O–H groups in total. The fourth-order valence-corrected chi connectivity index (χ4v) is 2.89. The number of phenols is 1. The Morgan fingerprint density at radius 2 is 1.82 bits per heavy atom. The van der Waals surface area contributed by atoms with Crippen LogP contribution in [0.2, 0.25) is 0 Å². The summed E-state index contributed by atoms with van der Waals surface area (Å²) in [5.74, 6) is 1.57. The number of likely N-dealkylation sites (tertiary alicyclic amines) is 1. The Balaban J connectivity index is 2.25. The molecule has 0 aliphatic carbocycles. The number of rotatable bonds is 1. The van der Waals surface area contributed by atoms with Crippen molar-refractivity contribution < 1.29 is 5.11 Å². The van der Waals surface area contributed by atoms with Crippen molar-refractivity contribution in [3.05, 3.63) is 29.8 Å². The standard InChI is InChI=1S/C15H23NO/c1-11-14(9-10-16(4)15(11,2)3)12-5-7-13(17)8-6-12/h5-8,11,14,17H,9-10H2,1-4H3. The summed E-state index contributed by atoms with van der Waals surface area (Å²) in [7, 11) is 2.21. The summed E-state index contributed by atoms with van der Waals surface area (Å²) >= 11 is 0. The van der Waals surface area contributed by atoms with E-state index in [1.54, 1.807) is 12.1 Å². The third-order valence-electron chi connectivity index (χ3n) is 4.80. The minimum absolute atomic E-state index is 0.237. The van der Waals surface area contributed by atoms with Crippen LogP contribution in [-0.4, -0.2) is 29.1 Å². The molecule has 1 heterocycles. The Kier molecular flexibility index (Phi) is 3.17. The largest absolute Gasteiger partial charge is 0.508 e. The maximum atomic E-state index is 9.36. The van der Waals surface area contributed by atoms with Crippen LogP contribution in [0.3, 0.4) is 0 Å². The van der Waals surface area contributed by atoms with Crippen LogP contribution in [0.15, 0.2) is 24.3 Å². The lowest BCUT2D eigenvalue weighted by Crippen LogP contribution is -2.52. The molecule has 2 unspecified atom stereocenters. The molecule has 1 aromatic carbocycles. The van der Waals surface area contributed by atoms with Gasteiger partial charge in [-0.2, -0.15) is 0 Å². The third kappa shape index (κ3) is 2.19. The number of nitrogens with zero attached hydrogens (tertiary/aromatic N) is 1. The Morgan fingerprint density at radius 3 is 2.41 bits per heavy atom. The quantitative estimate of drug-likeness (QED) is 0.805. The second kappa shape index (κ2) is 4.34. The number of phenolic OH excluding ortho intramolecular Hbond substituents is 1. The molecule has 94 valence electrons. The molecule has 2 heteroatoms. The summed E-state index contributed by atoms with van der Waals surface area (Å²) in [6, 6.07) is 7.73. The van der Waals surface area contributed by atoms with Crippen LogP contribution in [0.4, 0.5) is 0 Å². The van der Waals surface area contributed by atoms with E-state index in [-0.39, 0.29) is 5.54 Å². The van der Waals surface area contributed by atoms with Crippen LogP contribution < -0.4 is 0 Å². The van der Waals surface area contributed by atoms with Crippen molar-refractivity contribution in [3.63, 3.8) is 0 Å². The van der Waals surface area contributed by atoms with Crippen LogP contribution >= 0.6 is 0 Å². The fraction of sp³-hybridized carbons (Fsp3) is 0.600. The molecule has 2 rings (SSSR count). The molecule has 1 aromatic rings. The molecule has 2 atom stereocenters. The second-order valence-electron chi connectivity index (χ2n) is 5.85. The zero-order chi connectivity index (χ0) is 12.6. The molecule has 1 fully saturated rings. The molecule has 0 saturated carbocycles. The molecule has 0 amide bonds. The minimum atomic E-state index is 0.237. The molecule has 2 nitrogen and oxygen atoms in total. The van der Waals surface area contributed by atoms with E-state index in [0.717, 1.165) is 6.54 Å². The second-order valence-corrected chi connectivity index (χ2v) is 5.85. The van der Waals surface area contributed by atoms with Gasteiger partial charge >= 0.3 is 0 Å². The smallest absolute Gasteiger partial charge is 0.115 e. The topological polar surface area (TPSA) is 23.5 Å². The van der Waals surface area contributed by atoms with Crippen LogP contribution in [0.25, 0.3) is 0 Å². The first-order chi connectivity index (χ1) is 7.93. The summed E-state index contributed by atoms with van der Waals surface area (Å²) in [5, 5.41) is 9.36. The molecule has 0 spiro atoms. The molecule has 17 heavy (non-hydrogen) atoms. The predicted octanol–water partition coefficient (Wildman–Crippen LogP) is 3.23. The lowest BCUT2D eigenvalue weighted by Gasteiger charge is -2.49. The molecule has 0 aromatic heterocycles. The van der Waals surface area contributed by atoms with Gasteiger partial charge < -0.3 is 10.0 Å². The molecular formula is C15H23NO. The Labute approximate surface area is 104 Å². The van der Waals surface area contributed by atoms with E-state index in [9.17, 15) is 5.11 Å². The van der Waals surface area contributed by atoms with Gasteiger partial charge in [-0.1, -0.05) is 19.1 Å². The Bertz CT molecular complexity index is 382. The van der Waals surface area contributed by atoms with Gasteiger partial charge in [0.25, 0.3) is 0 Å². The van der Waals surface area contributed by atoms with Crippen molar-refractivity contribution in [1.82, 2.24) is 4.90 Å². The molecular weight excluding hydrogens is 210 g/mol. The molecule has 0 radical (unpaired) electrons. The first-order valence-electron chi connectivity index (χ1n) is 6.43. The average Bonchev–Trinajstić information content (AvgIpc) is 2.29. The molecule has 1 aliphatic rings. The van der Waals surface area contributed by atoms with Gasteiger partial charge in [-0.3, -0.25) is 0 Å². The van der Waals surface area contributed by atoms with E-state index >= 15 is 0 Å². The number of aromatic hydroxyl groups is 1. The van der Waals surface area contributed by atoms with Crippen molar-refractivity contribution in [2.75, 3.05) is 13.6 Å². The third-order valence-corrected chi connectivity index (χ3v) is 4.80. The van der Waals surface area contributed by atoms with E-state index in [0.29, 0.717) is 17.6 Å². The fourth-order valence-electron chi connectivity index (χ4n) is 2.89. The summed E-state index contributed by atoms with van der Waals surface area (Å²) < 4.78 is 0. The number of hydrogen-bond donors (Lipinski definition) is 1. The van der Waals surface area contributed by atoms with Crippen molar-refractivity contribution in [2.24, 2.45) is 5.92 Å². The maximum Gasteiger partial charge on any atom is 0.115 e. The number of hydrogen-bond acceptors (Lipinski definition) is 2. The van der Waals surface area contributed by atoms with Gasteiger partial charge in [-0.05, 0) is 63.4 Å². The molecule has 1 aliphatic heterocycles. The van der Waals surface area contributed by atoms with E-state index < -0.39 is 0 Å². The van der Waals surface area contributed by atoms with Crippen LogP contribution in [0.5, 0.6) is 5.75 Å². The van der Waals surface area contributed by atoms with Crippen LogP contribution in [0.1, 0.15) is 38.7 Å². The highest BCUT2D eigenvalue weighted by molar-refractivity contribution is 5.29. The van der Waals surface area contributed by atoms with Gasteiger partial charge in [0.15, 0.2) is 0 Å². The lowest BCUT2D eigenvalue weighted by atomic mass is 9.71. The van der Waals surface area contributed by atoms with E-state index in [4.69, 9.17) is 0 Å². The first kappa shape index (κ1) is 12.4. The zero-order valence-electron chi connectivity index (χ0n) is 11.3. The first-order valence-corrected chi connectivity index (χ1v) is 6.43. The number of benzene rings is 1. The Hall–Kier alpha value is -1.02. The summed E-state index contributed by atoms with van der Waals surface area (Å²) in [6.45, 7) is 8.13. The van der Waals surface area contributed by atoms with E-state index in [1.165, 1.54) is 12.0 Å². The minimum Gasteiger partial charge on any atom is -0.508 e. The maximum absolute atomic E-state index is 9.36. The van der Waals surface area contributed by atoms with Crippen molar-refractivity contribution in [2.45, 2.75) is 38.6 Å². The zero-order valence-corrected chi connectivity index (χ0v) is 11.3. The van der Waals surface area contributed by atoms with Gasteiger partial charge in [0.2, 0.25) is 0 Å². The summed E-state index contributed by atoms with van der Waals surface area (Å²) in [5.41, 5.74) is 1.59. The SMILES string of the molecule is CC1C(c2ccc(O)cc2)CCN(C)C1(C)C. The summed E-state index contributed by atoms with van der Waals surface area (Å²) in [6.07, 6.45) is 1.20. The highest BCUT2D eigenvalue weighted by Gasteiger charge is 2.39. The molecule has 0 bridgehead atoms. The lowest BCUT2D eigenvalue weighted by molar-refractivity contribution is 0.0386.